The van der Waals surface area contributed by atoms with Crippen molar-refractivity contribution in [3.05, 3.63) is 34.6 Å². The first-order valence-corrected chi connectivity index (χ1v) is 7.94. The number of rotatable bonds is 3. The van der Waals surface area contributed by atoms with Gasteiger partial charge < -0.3 is 9.09 Å². The smallest absolute Gasteiger partial charge is 0.329 e. The molecule has 1 saturated carbocycles. The third-order valence-electron chi connectivity index (χ3n) is 4.51. The number of pyridine rings is 1. The zero-order valence-corrected chi connectivity index (χ0v) is 13.2. The Balaban J connectivity index is 1.75. The Kier molecular flexibility index (Phi) is 4.47. The largest absolute Gasteiger partial charge is 0.471 e. The van der Waals surface area contributed by atoms with Crippen LogP contribution in [-0.4, -0.2) is 14.7 Å². The first-order valence-electron chi connectivity index (χ1n) is 7.94. The number of alkyl halides is 3. The van der Waals surface area contributed by atoms with E-state index in [2.05, 4.69) is 21.6 Å². The molecule has 2 heterocycles. The topological polar surface area (TPSA) is 60.9 Å². The van der Waals surface area contributed by atoms with Crippen molar-refractivity contribution in [2.75, 3.05) is 0 Å². The molecule has 0 radical (unpaired) electrons. The van der Waals surface area contributed by atoms with Gasteiger partial charge in [0.1, 0.15) is 0 Å². The van der Waals surface area contributed by atoms with Crippen molar-refractivity contribution < 1.29 is 17.7 Å². The molecule has 130 valence electrons. The summed E-state index contributed by atoms with van der Waals surface area (Å²) in [5.41, 5.74) is -0.0581. The molecule has 5 nitrogen and oxygen atoms in total. The van der Waals surface area contributed by atoms with Gasteiger partial charge in [0, 0.05) is 24.4 Å². The predicted molar refractivity (Wildman–Crippen MR) is 80.1 cm³/mol. The zero-order chi connectivity index (χ0) is 17.3. The lowest BCUT2D eigenvalue weighted by molar-refractivity contribution is -0.159. The van der Waals surface area contributed by atoms with E-state index >= 15 is 0 Å². The maximum atomic E-state index is 12.5. The normalized spacial score (nSPS) is 21.8. The average Bonchev–Trinajstić information content (AvgIpc) is 3.01. The van der Waals surface area contributed by atoms with Gasteiger partial charge >= 0.3 is 12.1 Å². The highest BCUT2D eigenvalue weighted by Gasteiger charge is 2.38. The van der Waals surface area contributed by atoms with Gasteiger partial charge in [-0.2, -0.15) is 18.2 Å². The third kappa shape index (κ3) is 3.68. The Labute approximate surface area is 136 Å². The van der Waals surface area contributed by atoms with Crippen LogP contribution < -0.4 is 5.56 Å². The number of halogens is 3. The molecule has 0 atom stereocenters. The van der Waals surface area contributed by atoms with Crippen LogP contribution >= 0.6 is 0 Å². The Hall–Kier alpha value is -2.12. The van der Waals surface area contributed by atoms with Crippen LogP contribution in [0.2, 0.25) is 0 Å². The van der Waals surface area contributed by atoms with Crippen LogP contribution in [-0.2, 0) is 12.7 Å². The van der Waals surface area contributed by atoms with E-state index in [1.54, 1.807) is 10.8 Å². The molecular formula is C16H18F3N3O2. The number of hydrogen-bond donors (Lipinski definition) is 0. The molecule has 0 N–H and O–H groups in total. The molecule has 0 amide bonds. The molecule has 2 aromatic rings. The van der Waals surface area contributed by atoms with Crippen molar-refractivity contribution in [1.82, 2.24) is 14.7 Å². The van der Waals surface area contributed by atoms with Crippen LogP contribution in [0.5, 0.6) is 0 Å². The summed E-state index contributed by atoms with van der Waals surface area (Å²) in [7, 11) is 0. The van der Waals surface area contributed by atoms with E-state index in [0.29, 0.717) is 12.5 Å². The van der Waals surface area contributed by atoms with E-state index in [0.717, 1.165) is 18.8 Å². The van der Waals surface area contributed by atoms with E-state index in [9.17, 15) is 18.0 Å². The first kappa shape index (κ1) is 16.7. The fraction of sp³-hybridized carbons (Fsp3) is 0.562. The van der Waals surface area contributed by atoms with Crippen molar-refractivity contribution in [3.63, 3.8) is 0 Å². The second-order valence-corrected chi connectivity index (χ2v) is 6.45. The monoisotopic (exact) mass is 341 g/mol. The minimum absolute atomic E-state index is 0.216. The van der Waals surface area contributed by atoms with E-state index in [1.165, 1.54) is 25.0 Å². The van der Waals surface area contributed by atoms with Crippen LogP contribution in [0.25, 0.3) is 11.4 Å². The summed E-state index contributed by atoms with van der Waals surface area (Å²) >= 11 is 0. The summed E-state index contributed by atoms with van der Waals surface area (Å²) in [6.07, 6.45) is 1.41. The lowest BCUT2D eigenvalue weighted by Gasteiger charge is -2.26. The van der Waals surface area contributed by atoms with Gasteiger partial charge in [-0.15, -0.1) is 0 Å². The van der Waals surface area contributed by atoms with Gasteiger partial charge in [-0.25, -0.2) is 0 Å². The lowest BCUT2D eigenvalue weighted by Crippen LogP contribution is -2.25. The maximum absolute atomic E-state index is 12.5. The molecule has 8 heteroatoms. The van der Waals surface area contributed by atoms with Crippen LogP contribution in [0.3, 0.4) is 0 Å². The first-order chi connectivity index (χ1) is 11.3. The van der Waals surface area contributed by atoms with Crippen LogP contribution in [0.15, 0.2) is 27.6 Å². The summed E-state index contributed by atoms with van der Waals surface area (Å²) in [6.45, 7) is 2.86. The summed E-state index contributed by atoms with van der Waals surface area (Å²) in [6, 6.07) is 2.79. The second kappa shape index (κ2) is 6.41. The summed E-state index contributed by atoms with van der Waals surface area (Å²) in [5.74, 6) is -0.454. The summed E-state index contributed by atoms with van der Waals surface area (Å²) in [5, 5.41) is 3.29. The molecule has 3 rings (SSSR count). The standard InChI is InChI=1S/C16H18F3N3O2/c1-10-2-4-11(5-3-10)9-22-7-6-12(8-13(22)23)14-20-15(24-21-14)16(17,18)19/h6-8,10-11H,2-5,9H2,1H3. The van der Waals surface area contributed by atoms with Crippen molar-refractivity contribution in [3.8, 4) is 11.4 Å². The molecule has 0 aliphatic heterocycles. The molecule has 0 spiro atoms. The molecule has 24 heavy (non-hydrogen) atoms. The molecule has 1 aliphatic rings. The van der Waals surface area contributed by atoms with Crippen molar-refractivity contribution in [2.45, 2.75) is 45.3 Å². The Morgan fingerprint density at radius 1 is 1.29 bits per heavy atom. The molecule has 1 aliphatic carbocycles. The van der Waals surface area contributed by atoms with Gasteiger partial charge in [0.15, 0.2) is 0 Å². The van der Waals surface area contributed by atoms with Crippen LogP contribution in [0, 0.1) is 11.8 Å². The van der Waals surface area contributed by atoms with Gasteiger partial charge in [0.2, 0.25) is 5.82 Å². The van der Waals surface area contributed by atoms with Gasteiger partial charge in [0.25, 0.3) is 5.56 Å². The third-order valence-corrected chi connectivity index (χ3v) is 4.51. The molecule has 0 aromatic carbocycles. The lowest BCUT2D eigenvalue weighted by atomic mass is 9.83. The average molecular weight is 341 g/mol. The van der Waals surface area contributed by atoms with Gasteiger partial charge in [-0.1, -0.05) is 24.9 Å². The molecule has 2 aromatic heterocycles. The van der Waals surface area contributed by atoms with E-state index in [4.69, 9.17) is 0 Å². The Morgan fingerprint density at radius 3 is 2.58 bits per heavy atom. The fourth-order valence-electron chi connectivity index (χ4n) is 3.04. The van der Waals surface area contributed by atoms with Crippen LogP contribution in [0.4, 0.5) is 13.2 Å². The number of aromatic nitrogens is 3. The van der Waals surface area contributed by atoms with Crippen molar-refractivity contribution >= 4 is 0 Å². The Bertz CT molecular complexity index is 758. The minimum Gasteiger partial charge on any atom is -0.329 e. The van der Waals surface area contributed by atoms with Crippen molar-refractivity contribution in [1.29, 1.82) is 0 Å². The van der Waals surface area contributed by atoms with Crippen LogP contribution in [0.1, 0.15) is 38.5 Å². The van der Waals surface area contributed by atoms with E-state index < -0.39 is 12.1 Å². The van der Waals surface area contributed by atoms with Crippen molar-refractivity contribution in [2.24, 2.45) is 11.8 Å². The highest BCUT2D eigenvalue weighted by Crippen LogP contribution is 2.30. The minimum atomic E-state index is -4.70. The fourth-order valence-corrected chi connectivity index (χ4v) is 3.04. The second-order valence-electron chi connectivity index (χ2n) is 6.45. The Morgan fingerprint density at radius 2 is 2.00 bits per heavy atom. The highest BCUT2D eigenvalue weighted by atomic mass is 19.4. The quantitative estimate of drug-likeness (QED) is 0.853. The molecular weight excluding hydrogens is 323 g/mol. The van der Waals surface area contributed by atoms with E-state index in [-0.39, 0.29) is 16.9 Å². The van der Waals surface area contributed by atoms with Gasteiger partial charge in [-0.3, -0.25) is 4.79 Å². The SMILES string of the molecule is CC1CCC(Cn2ccc(-c3noc(C(F)(F)F)n3)cc2=O)CC1. The molecule has 0 saturated heterocycles. The number of nitrogens with zero attached hydrogens (tertiary/aromatic N) is 3. The van der Waals surface area contributed by atoms with Gasteiger partial charge in [0.05, 0.1) is 0 Å². The predicted octanol–water partition coefficient (Wildman–Crippen LogP) is 3.74. The summed E-state index contributed by atoms with van der Waals surface area (Å²) < 4.78 is 43.2. The van der Waals surface area contributed by atoms with Gasteiger partial charge in [-0.05, 0) is 30.7 Å². The molecule has 0 bridgehead atoms. The summed E-state index contributed by atoms with van der Waals surface area (Å²) in [4.78, 5) is 15.5. The number of hydrogen-bond acceptors (Lipinski definition) is 4. The van der Waals surface area contributed by atoms with E-state index in [1.807, 2.05) is 0 Å². The maximum Gasteiger partial charge on any atom is 0.471 e. The molecule has 1 fully saturated rings. The molecule has 0 unspecified atom stereocenters. The highest BCUT2D eigenvalue weighted by molar-refractivity contribution is 5.52. The zero-order valence-electron chi connectivity index (χ0n) is 13.2.